The van der Waals surface area contributed by atoms with Crippen LogP contribution < -0.4 is 4.90 Å². The Labute approximate surface area is 97.3 Å². The number of hydrogen-bond acceptors (Lipinski definition) is 3. The van der Waals surface area contributed by atoms with Crippen molar-refractivity contribution in [2.24, 2.45) is 0 Å². The van der Waals surface area contributed by atoms with Gasteiger partial charge in [-0.2, -0.15) is 5.26 Å². The Morgan fingerprint density at radius 1 is 1.31 bits per heavy atom. The molecule has 0 heterocycles. The van der Waals surface area contributed by atoms with Crippen LogP contribution in [0, 0.1) is 11.3 Å². The Bertz CT molecular complexity index is 351. The predicted octanol–water partition coefficient (Wildman–Crippen LogP) is 2.42. The SMILES string of the molecule is COCCN(c1ccc(C#N)cc1)C(C)C. The van der Waals surface area contributed by atoms with Gasteiger partial charge in [-0.3, -0.25) is 0 Å². The Morgan fingerprint density at radius 3 is 2.38 bits per heavy atom. The number of nitrogens with zero attached hydrogens (tertiary/aromatic N) is 2. The molecule has 16 heavy (non-hydrogen) atoms. The Morgan fingerprint density at radius 2 is 1.94 bits per heavy atom. The topological polar surface area (TPSA) is 36.3 Å². The number of rotatable bonds is 5. The van der Waals surface area contributed by atoms with E-state index in [2.05, 4.69) is 24.8 Å². The van der Waals surface area contributed by atoms with Crippen LogP contribution in [0.5, 0.6) is 0 Å². The molecular formula is C13H18N2O. The summed E-state index contributed by atoms with van der Waals surface area (Å²) in [7, 11) is 1.71. The molecule has 1 rings (SSSR count). The van der Waals surface area contributed by atoms with Gasteiger partial charge < -0.3 is 9.64 Å². The van der Waals surface area contributed by atoms with Gasteiger partial charge in [0, 0.05) is 25.4 Å². The predicted molar refractivity (Wildman–Crippen MR) is 65.5 cm³/mol. The number of benzene rings is 1. The van der Waals surface area contributed by atoms with E-state index < -0.39 is 0 Å². The lowest BCUT2D eigenvalue weighted by atomic mass is 10.2. The molecule has 0 atom stereocenters. The molecule has 0 saturated heterocycles. The highest BCUT2D eigenvalue weighted by Gasteiger charge is 2.09. The number of ether oxygens (including phenoxy) is 1. The molecule has 0 aliphatic carbocycles. The van der Waals surface area contributed by atoms with Gasteiger partial charge in [0.1, 0.15) is 0 Å². The Hall–Kier alpha value is -1.53. The maximum Gasteiger partial charge on any atom is 0.0991 e. The summed E-state index contributed by atoms with van der Waals surface area (Å²) in [5, 5.41) is 8.73. The Balaban J connectivity index is 2.80. The van der Waals surface area contributed by atoms with Crippen LogP contribution in [-0.4, -0.2) is 26.3 Å². The largest absolute Gasteiger partial charge is 0.383 e. The van der Waals surface area contributed by atoms with Crippen molar-refractivity contribution in [2.45, 2.75) is 19.9 Å². The molecule has 0 bridgehead atoms. The smallest absolute Gasteiger partial charge is 0.0991 e. The molecule has 0 N–H and O–H groups in total. The molecule has 0 aromatic heterocycles. The first kappa shape index (κ1) is 12.5. The van der Waals surface area contributed by atoms with Crippen molar-refractivity contribution < 1.29 is 4.74 Å². The van der Waals surface area contributed by atoms with E-state index in [-0.39, 0.29) is 0 Å². The van der Waals surface area contributed by atoms with Crippen LogP contribution in [0.3, 0.4) is 0 Å². The molecule has 0 fully saturated rings. The summed E-state index contributed by atoms with van der Waals surface area (Å²) in [6.45, 7) is 5.86. The molecule has 1 aromatic rings. The van der Waals surface area contributed by atoms with Gasteiger partial charge in [-0.1, -0.05) is 0 Å². The maximum absolute atomic E-state index is 8.73. The van der Waals surface area contributed by atoms with Gasteiger partial charge >= 0.3 is 0 Å². The standard InChI is InChI=1S/C13H18N2O/c1-11(2)15(8-9-16-3)13-6-4-12(10-14)5-7-13/h4-7,11H,8-9H2,1-3H3. The fourth-order valence-electron chi connectivity index (χ4n) is 1.60. The van der Waals surface area contributed by atoms with Gasteiger partial charge in [0.15, 0.2) is 0 Å². The molecule has 1 aromatic carbocycles. The van der Waals surface area contributed by atoms with E-state index in [1.165, 1.54) is 0 Å². The summed E-state index contributed by atoms with van der Waals surface area (Å²) in [5.74, 6) is 0. The summed E-state index contributed by atoms with van der Waals surface area (Å²) in [6.07, 6.45) is 0. The highest BCUT2D eigenvalue weighted by molar-refractivity contribution is 5.50. The monoisotopic (exact) mass is 218 g/mol. The molecular weight excluding hydrogens is 200 g/mol. The third kappa shape index (κ3) is 3.25. The first-order chi connectivity index (χ1) is 7.69. The molecule has 0 saturated carbocycles. The first-order valence-electron chi connectivity index (χ1n) is 5.44. The van der Waals surface area contributed by atoms with E-state index in [1.807, 2.05) is 24.3 Å². The second-order valence-electron chi connectivity index (χ2n) is 3.94. The molecule has 0 aliphatic rings. The van der Waals surface area contributed by atoms with E-state index in [4.69, 9.17) is 10.00 Å². The zero-order chi connectivity index (χ0) is 12.0. The minimum Gasteiger partial charge on any atom is -0.383 e. The molecule has 0 radical (unpaired) electrons. The van der Waals surface area contributed by atoms with Gasteiger partial charge in [0.05, 0.1) is 18.2 Å². The molecule has 0 spiro atoms. The van der Waals surface area contributed by atoms with Gasteiger partial charge in [-0.15, -0.1) is 0 Å². The van der Waals surface area contributed by atoms with Crippen molar-refractivity contribution in [2.75, 3.05) is 25.2 Å². The number of methoxy groups -OCH3 is 1. The van der Waals surface area contributed by atoms with Crippen LogP contribution in [-0.2, 0) is 4.74 Å². The average Bonchev–Trinajstić information content (AvgIpc) is 2.30. The second kappa shape index (κ2) is 6.14. The van der Waals surface area contributed by atoms with Crippen LogP contribution in [0.2, 0.25) is 0 Å². The van der Waals surface area contributed by atoms with Gasteiger partial charge in [-0.25, -0.2) is 0 Å². The van der Waals surface area contributed by atoms with Crippen LogP contribution >= 0.6 is 0 Å². The van der Waals surface area contributed by atoms with Gasteiger partial charge in [0.2, 0.25) is 0 Å². The van der Waals surface area contributed by atoms with E-state index in [1.54, 1.807) is 7.11 Å². The summed E-state index contributed by atoms with van der Waals surface area (Å²) >= 11 is 0. The van der Waals surface area contributed by atoms with Crippen molar-refractivity contribution in [1.29, 1.82) is 5.26 Å². The normalized spacial score (nSPS) is 10.2. The summed E-state index contributed by atoms with van der Waals surface area (Å²) < 4.78 is 5.09. The van der Waals surface area contributed by atoms with Crippen LogP contribution in [0.4, 0.5) is 5.69 Å². The van der Waals surface area contributed by atoms with E-state index in [0.717, 1.165) is 12.2 Å². The van der Waals surface area contributed by atoms with Gasteiger partial charge in [0.25, 0.3) is 0 Å². The zero-order valence-electron chi connectivity index (χ0n) is 10.1. The van der Waals surface area contributed by atoms with E-state index >= 15 is 0 Å². The van der Waals surface area contributed by atoms with Gasteiger partial charge in [-0.05, 0) is 38.1 Å². The van der Waals surface area contributed by atoms with Crippen molar-refractivity contribution in [3.8, 4) is 6.07 Å². The van der Waals surface area contributed by atoms with E-state index in [9.17, 15) is 0 Å². The fraction of sp³-hybridized carbons (Fsp3) is 0.462. The summed E-state index contributed by atoms with van der Waals surface area (Å²) in [6, 6.07) is 10.2. The minimum atomic E-state index is 0.420. The van der Waals surface area contributed by atoms with Crippen LogP contribution in [0.1, 0.15) is 19.4 Å². The lowest BCUT2D eigenvalue weighted by Gasteiger charge is -2.28. The van der Waals surface area contributed by atoms with Crippen molar-refractivity contribution in [3.05, 3.63) is 29.8 Å². The highest BCUT2D eigenvalue weighted by atomic mass is 16.5. The van der Waals surface area contributed by atoms with Crippen molar-refractivity contribution >= 4 is 5.69 Å². The average molecular weight is 218 g/mol. The number of nitriles is 1. The lowest BCUT2D eigenvalue weighted by Crippen LogP contribution is -2.33. The molecule has 86 valence electrons. The summed E-state index contributed by atoms with van der Waals surface area (Å²) in [4.78, 5) is 2.25. The molecule has 3 heteroatoms. The molecule has 3 nitrogen and oxygen atoms in total. The quantitative estimate of drug-likeness (QED) is 0.761. The highest BCUT2D eigenvalue weighted by Crippen LogP contribution is 2.17. The van der Waals surface area contributed by atoms with Crippen molar-refractivity contribution in [1.82, 2.24) is 0 Å². The minimum absolute atomic E-state index is 0.420. The molecule has 0 aliphatic heterocycles. The van der Waals surface area contributed by atoms with E-state index in [0.29, 0.717) is 18.2 Å². The molecule has 0 unspecified atom stereocenters. The fourth-order valence-corrected chi connectivity index (χ4v) is 1.60. The van der Waals surface area contributed by atoms with Crippen LogP contribution in [0.25, 0.3) is 0 Å². The third-order valence-corrected chi connectivity index (χ3v) is 2.49. The third-order valence-electron chi connectivity index (χ3n) is 2.49. The lowest BCUT2D eigenvalue weighted by molar-refractivity contribution is 0.204. The second-order valence-corrected chi connectivity index (χ2v) is 3.94. The zero-order valence-corrected chi connectivity index (χ0v) is 10.1. The summed E-state index contributed by atoms with van der Waals surface area (Å²) in [5.41, 5.74) is 1.82. The van der Waals surface area contributed by atoms with Crippen LogP contribution in [0.15, 0.2) is 24.3 Å². The number of anilines is 1. The molecule has 0 amide bonds. The first-order valence-corrected chi connectivity index (χ1v) is 5.44. The number of hydrogen-bond donors (Lipinski definition) is 0. The Kier molecular flexibility index (Phi) is 4.81. The maximum atomic E-state index is 8.73. The van der Waals surface area contributed by atoms with Crippen molar-refractivity contribution in [3.63, 3.8) is 0 Å².